The standard InChI is InChI=1S/C27H23N3O4S/c1-4-34-19-9-5-7-17(13-19)24(31)21-23(18-8-6-10-28-14-18)30(26(33)25(21)32)27-29-22-16(3)11-15(2)12-20(22)35-27/h5-14,23,31H,4H2,1-3H3. The number of rotatable bonds is 5. The van der Waals surface area contributed by atoms with Crippen LogP contribution in [0.2, 0.25) is 0 Å². The number of aromatic nitrogens is 2. The predicted molar refractivity (Wildman–Crippen MR) is 136 cm³/mol. The first-order valence-corrected chi connectivity index (χ1v) is 12.0. The van der Waals surface area contributed by atoms with E-state index in [0.717, 1.165) is 21.3 Å². The van der Waals surface area contributed by atoms with Gasteiger partial charge in [0.2, 0.25) is 0 Å². The number of amides is 1. The van der Waals surface area contributed by atoms with Gasteiger partial charge in [0, 0.05) is 18.0 Å². The van der Waals surface area contributed by atoms with E-state index >= 15 is 0 Å². The lowest BCUT2D eigenvalue weighted by molar-refractivity contribution is -0.132. The van der Waals surface area contributed by atoms with Gasteiger partial charge in [0.05, 0.1) is 28.4 Å². The van der Waals surface area contributed by atoms with Gasteiger partial charge in [-0.25, -0.2) is 4.98 Å². The molecule has 2 aromatic heterocycles. The van der Waals surface area contributed by atoms with Crippen LogP contribution in [0.3, 0.4) is 0 Å². The summed E-state index contributed by atoms with van der Waals surface area (Å²) in [6, 6.07) is 13.5. The van der Waals surface area contributed by atoms with Crippen molar-refractivity contribution in [1.29, 1.82) is 0 Å². The second-order valence-electron chi connectivity index (χ2n) is 8.34. The van der Waals surface area contributed by atoms with Crippen molar-refractivity contribution in [1.82, 2.24) is 9.97 Å². The van der Waals surface area contributed by atoms with Crippen LogP contribution in [-0.2, 0) is 9.59 Å². The molecule has 8 heteroatoms. The van der Waals surface area contributed by atoms with Gasteiger partial charge in [0.15, 0.2) is 5.13 Å². The molecule has 1 N–H and O–H groups in total. The van der Waals surface area contributed by atoms with Crippen LogP contribution in [0, 0.1) is 13.8 Å². The first-order valence-electron chi connectivity index (χ1n) is 11.2. The quantitative estimate of drug-likeness (QED) is 0.233. The van der Waals surface area contributed by atoms with Gasteiger partial charge in [-0.05, 0) is 61.7 Å². The first-order chi connectivity index (χ1) is 16.9. The molecule has 3 heterocycles. The number of aliphatic hydroxyl groups excluding tert-OH is 1. The first kappa shape index (κ1) is 22.7. The van der Waals surface area contributed by atoms with Gasteiger partial charge in [-0.2, -0.15) is 0 Å². The second-order valence-corrected chi connectivity index (χ2v) is 9.35. The Labute approximate surface area is 206 Å². The Morgan fingerprint density at radius 1 is 1.14 bits per heavy atom. The number of fused-ring (bicyclic) bond motifs is 1. The lowest BCUT2D eigenvalue weighted by atomic mass is 9.96. The third kappa shape index (κ3) is 3.95. The van der Waals surface area contributed by atoms with Crippen molar-refractivity contribution < 1.29 is 19.4 Å². The number of nitrogens with zero attached hydrogens (tertiary/aromatic N) is 3. The average molecular weight is 486 g/mol. The van der Waals surface area contributed by atoms with Crippen LogP contribution in [0.1, 0.15) is 35.2 Å². The average Bonchev–Trinajstić information content (AvgIpc) is 3.38. The minimum Gasteiger partial charge on any atom is -0.507 e. The second kappa shape index (κ2) is 8.96. The van der Waals surface area contributed by atoms with Crippen molar-refractivity contribution in [2.24, 2.45) is 0 Å². The van der Waals surface area contributed by atoms with E-state index in [4.69, 9.17) is 9.72 Å². The number of anilines is 1. The van der Waals surface area contributed by atoms with Gasteiger partial charge >= 0.3 is 5.91 Å². The summed E-state index contributed by atoms with van der Waals surface area (Å²) >= 11 is 1.34. The number of aliphatic hydroxyl groups is 1. The van der Waals surface area contributed by atoms with E-state index in [-0.39, 0.29) is 11.3 Å². The van der Waals surface area contributed by atoms with E-state index in [0.29, 0.717) is 28.6 Å². The zero-order valence-electron chi connectivity index (χ0n) is 19.5. The molecule has 0 spiro atoms. The Morgan fingerprint density at radius 3 is 2.71 bits per heavy atom. The molecule has 0 saturated carbocycles. The molecule has 4 aromatic rings. The van der Waals surface area contributed by atoms with Crippen molar-refractivity contribution in [3.63, 3.8) is 0 Å². The van der Waals surface area contributed by atoms with Crippen LogP contribution >= 0.6 is 11.3 Å². The summed E-state index contributed by atoms with van der Waals surface area (Å²) in [5, 5.41) is 11.7. The number of carbonyl (C=O) groups excluding carboxylic acids is 2. The monoisotopic (exact) mass is 485 g/mol. The number of carbonyl (C=O) groups is 2. The lowest BCUT2D eigenvalue weighted by Crippen LogP contribution is -2.29. The van der Waals surface area contributed by atoms with Gasteiger partial charge in [0.1, 0.15) is 11.5 Å². The van der Waals surface area contributed by atoms with Crippen LogP contribution in [0.25, 0.3) is 16.0 Å². The van der Waals surface area contributed by atoms with E-state index in [1.54, 1.807) is 48.8 Å². The fourth-order valence-corrected chi connectivity index (χ4v) is 5.57. The fraction of sp³-hybridized carbons (Fsp3) is 0.185. The number of Topliss-reactive ketones (excluding diaryl/α,β-unsaturated/α-hetero) is 1. The fourth-order valence-electron chi connectivity index (χ4n) is 4.40. The summed E-state index contributed by atoms with van der Waals surface area (Å²) in [6.07, 6.45) is 3.21. The normalized spacial score (nSPS) is 17.3. The summed E-state index contributed by atoms with van der Waals surface area (Å²) in [5.74, 6) is -1.23. The highest BCUT2D eigenvalue weighted by atomic mass is 32.1. The predicted octanol–water partition coefficient (Wildman–Crippen LogP) is 5.33. The van der Waals surface area contributed by atoms with E-state index in [2.05, 4.69) is 4.98 Å². The molecular formula is C27H23N3O4S. The molecule has 176 valence electrons. The van der Waals surface area contributed by atoms with E-state index in [1.807, 2.05) is 32.9 Å². The summed E-state index contributed by atoms with van der Waals surface area (Å²) in [5.41, 5.74) is 3.84. The number of aryl methyl sites for hydroxylation is 2. The third-order valence-electron chi connectivity index (χ3n) is 5.89. The number of ketones is 1. The molecule has 1 fully saturated rings. The molecule has 2 aromatic carbocycles. The SMILES string of the molecule is CCOc1cccc(C(O)=C2C(=O)C(=O)N(c3nc4c(C)cc(C)cc4s3)C2c2cccnc2)c1. The van der Waals surface area contributed by atoms with E-state index in [1.165, 1.54) is 16.2 Å². The Balaban J connectivity index is 1.71. The summed E-state index contributed by atoms with van der Waals surface area (Å²) in [4.78, 5) is 37.0. The van der Waals surface area contributed by atoms with Gasteiger partial charge in [0.25, 0.3) is 5.78 Å². The summed E-state index contributed by atoms with van der Waals surface area (Å²) in [6.45, 7) is 6.30. The minimum absolute atomic E-state index is 0.0104. The van der Waals surface area contributed by atoms with Crippen LogP contribution in [-0.4, -0.2) is 33.4 Å². The molecule has 1 aliphatic heterocycles. The maximum atomic E-state index is 13.4. The van der Waals surface area contributed by atoms with Crippen molar-refractivity contribution in [2.75, 3.05) is 11.5 Å². The van der Waals surface area contributed by atoms with Crippen LogP contribution < -0.4 is 9.64 Å². The van der Waals surface area contributed by atoms with E-state index < -0.39 is 17.7 Å². The molecule has 0 aliphatic carbocycles. The third-order valence-corrected chi connectivity index (χ3v) is 6.89. The molecular weight excluding hydrogens is 462 g/mol. The molecule has 0 bridgehead atoms. The molecule has 1 saturated heterocycles. The molecule has 35 heavy (non-hydrogen) atoms. The van der Waals surface area contributed by atoms with Gasteiger partial charge in [-0.15, -0.1) is 0 Å². The Bertz CT molecular complexity index is 1490. The molecule has 1 atom stereocenters. The topological polar surface area (TPSA) is 92.6 Å². The number of benzene rings is 2. The van der Waals surface area contributed by atoms with Crippen LogP contribution in [0.4, 0.5) is 5.13 Å². The van der Waals surface area contributed by atoms with Crippen molar-refractivity contribution in [3.05, 3.63) is 88.8 Å². The highest BCUT2D eigenvalue weighted by Gasteiger charge is 2.48. The molecule has 7 nitrogen and oxygen atoms in total. The molecule has 1 amide bonds. The summed E-state index contributed by atoms with van der Waals surface area (Å²) < 4.78 is 6.47. The highest BCUT2D eigenvalue weighted by molar-refractivity contribution is 7.22. The minimum atomic E-state index is -0.874. The molecule has 1 unspecified atom stereocenters. The number of pyridine rings is 1. The number of thiazole rings is 1. The van der Waals surface area contributed by atoms with Gasteiger partial charge < -0.3 is 9.84 Å². The lowest BCUT2D eigenvalue weighted by Gasteiger charge is -2.22. The van der Waals surface area contributed by atoms with Gasteiger partial charge in [-0.1, -0.05) is 35.6 Å². The molecule has 0 radical (unpaired) electrons. The maximum Gasteiger partial charge on any atom is 0.301 e. The largest absolute Gasteiger partial charge is 0.507 e. The zero-order chi connectivity index (χ0) is 24.7. The maximum absolute atomic E-state index is 13.4. The smallest absolute Gasteiger partial charge is 0.301 e. The highest BCUT2D eigenvalue weighted by Crippen LogP contribution is 2.44. The van der Waals surface area contributed by atoms with Crippen molar-refractivity contribution in [3.8, 4) is 5.75 Å². The zero-order valence-corrected chi connectivity index (χ0v) is 20.3. The number of hydrogen-bond donors (Lipinski definition) is 1. The van der Waals surface area contributed by atoms with Crippen LogP contribution in [0.15, 0.2) is 66.5 Å². The van der Waals surface area contributed by atoms with Gasteiger partial charge in [-0.3, -0.25) is 19.5 Å². The Hall–Kier alpha value is -4.04. The van der Waals surface area contributed by atoms with Crippen LogP contribution in [0.5, 0.6) is 5.75 Å². The Kier molecular flexibility index (Phi) is 5.82. The van der Waals surface area contributed by atoms with E-state index in [9.17, 15) is 14.7 Å². The molecule has 5 rings (SSSR count). The van der Waals surface area contributed by atoms with Crippen molar-refractivity contribution >= 4 is 44.1 Å². The Morgan fingerprint density at radius 2 is 1.97 bits per heavy atom. The number of ether oxygens (including phenoxy) is 1. The van der Waals surface area contributed by atoms with Crippen molar-refractivity contribution in [2.45, 2.75) is 26.8 Å². The molecule has 1 aliphatic rings. The number of hydrogen-bond acceptors (Lipinski definition) is 7. The summed E-state index contributed by atoms with van der Waals surface area (Å²) in [7, 11) is 0.